The second-order valence-corrected chi connectivity index (χ2v) is 23.1. The van der Waals surface area contributed by atoms with E-state index in [2.05, 4.69) is 47.6 Å². The van der Waals surface area contributed by atoms with Crippen LogP contribution in [0.1, 0.15) is 126 Å². The molecule has 356 valence electrons. The number of aliphatic hydroxyl groups is 7. The number of carbonyl (C=O) groups is 2. The molecule has 8 N–H and O–H groups in total. The Morgan fingerprint density at radius 1 is 0.794 bits per heavy atom. The summed E-state index contributed by atoms with van der Waals surface area (Å²) < 4.78 is 30.9. The molecule has 6 aliphatic carbocycles. The van der Waals surface area contributed by atoms with Gasteiger partial charge in [-0.15, -0.1) is 0 Å². The van der Waals surface area contributed by atoms with Crippen LogP contribution in [-0.4, -0.2) is 139 Å². The fourth-order valence-electron chi connectivity index (χ4n) is 15.0. The Bertz CT molecular complexity index is 1850. The topological polar surface area (TPSA) is 242 Å². The molecule has 0 aromatic rings. The quantitative estimate of drug-likeness (QED) is 0.127. The lowest BCUT2D eigenvalue weighted by atomic mass is 9.33. The van der Waals surface area contributed by atoms with Crippen molar-refractivity contribution in [3.63, 3.8) is 0 Å². The van der Waals surface area contributed by atoms with Gasteiger partial charge >= 0.3 is 5.97 Å². The number of carboxylic acid groups (broad SMARTS) is 1. The van der Waals surface area contributed by atoms with Crippen molar-refractivity contribution in [3.8, 4) is 0 Å². The van der Waals surface area contributed by atoms with E-state index in [-0.39, 0.29) is 82.3 Å². The second-order valence-electron chi connectivity index (χ2n) is 23.1. The highest BCUT2D eigenvalue weighted by molar-refractivity contribution is 5.94. The SMILES string of the molecule is CC1=C(O)C(=O)CC(OC2CC(C)(C)CC3C4=CCC5C6(C)CCC(O[C@@H]7OC(C(=O)O)[C@@H](O)[C@H](O)[C@H]7O[C@@H]7OC[C@H](O)[C@H](O)[C@H]7O)C(C)(CO)C6CCC5(C)C4(C)CCC23C)C1. The summed E-state index contributed by atoms with van der Waals surface area (Å²) in [6, 6.07) is 0. The molecule has 6 fully saturated rings. The maximum atomic E-state index is 12.7. The lowest BCUT2D eigenvalue weighted by Crippen LogP contribution is -2.67. The number of aliphatic hydroxyl groups excluding tert-OH is 7. The van der Waals surface area contributed by atoms with Crippen molar-refractivity contribution in [2.45, 2.75) is 200 Å². The van der Waals surface area contributed by atoms with Crippen LogP contribution in [0.4, 0.5) is 0 Å². The predicted octanol–water partition coefficient (Wildman–Crippen LogP) is 4.08. The number of carbonyl (C=O) groups excluding carboxylic acids is 1. The average Bonchev–Trinajstić information content (AvgIpc) is 3.21. The molecule has 0 bridgehead atoms. The van der Waals surface area contributed by atoms with Gasteiger partial charge in [0.25, 0.3) is 0 Å². The highest BCUT2D eigenvalue weighted by Gasteiger charge is 2.70. The minimum atomic E-state index is -1.93. The maximum Gasteiger partial charge on any atom is 0.335 e. The predicted molar refractivity (Wildman–Crippen MR) is 226 cm³/mol. The van der Waals surface area contributed by atoms with Crippen LogP contribution in [0, 0.1) is 50.2 Å². The molecule has 63 heavy (non-hydrogen) atoms. The van der Waals surface area contributed by atoms with Gasteiger partial charge in [0.05, 0.1) is 31.5 Å². The zero-order chi connectivity index (χ0) is 46.0. The van der Waals surface area contributed by atoms with Crippen molar-refractivity contribution in [1.29, 1.82) is 0 Å². The standard InChI is InChI=1S/C48H74O15/c1-23-17-24(18-27(50)33(23)52)60-32-20-43(2,3)19-26-25-9-10-30-45(5)13-12-31(46(6,22-49)29(45)11-14-48(30,8)47(25,7)16-15-44(26,32)4)61-42-39(36(55)35(54)38(62-42)40(57)58)63-41-37(56)34(53)28(51)21-59-41/h9,24,26,28-32,34-39,41-42,49,51-56H,10-22H2,1-8H3,(H,57,58)/t24?,26?,28-,29?,30?,31?,32?,34-,35-,36-,37+,38?,39+,41-,42+,44?,45?,46?,47?,48?/m0/s1. The number of rotatable bonds is 8. The largest absolute Gasteiger partial charge is 0.504 e. The number of allylic oxidation sites excluding steroid dienone is 3. The van der Waals surface area contributed by atoms with E-state index < -0.39 is 72.8 Å². The van der Waals surface area contributed by atoms with Crippen LogP contribution in [0.5, 0.6) is 0 Å². The van der Waals surface area contributed by atoms with Crippen LogP contribution < -0.4 is 0 Å². The van der Waals surface area contributed by atoms with E-state index in [0.717, 1.165) is 51.4 Å². The summed E-state index contributed by atoms with van der Waals surface area (Å²) in [6.07, 6.45) is -5.01. The monoisotopic (exact) mass is 891 g/mol. The van der Waals surface area contributed by atoms with Crippen LogP contribution in [0.15, 0.2) is 23.0 Å². The smallest absolute Gasteiger partial charge is 0.335 e. The number of ketones is 1. The molecular formula is C48H74O15. The van der Waals surface area contributed by atoms with E-state index in [1.165, 1.54) is 5.57 Å². The molecule has 0 amide bonds. The molecule has 2 heterocycles. The van der Waals surface area contributed by atoms with Crippen molar-refractivity contribution >= 4 is 11.8 Å². The highest BCUT2D eigenvalue weighted by Crippen LogP contribution is 2.76. The first-order valence-electron chi connectivity index (χ1n) is 23.4. The van der Waals surface area contributed by atoms with Gasteiger partial charge < -0.3 is 64.5 Å². The second kappa shape index (κ2) is 16.3. The van der Waals surface area contributed by atoms with Crippen molar-refractivity contribution < 1.29 is 74.1 Å². The van der Waals surface area contributed by atoms with Gasteiger partial charge in [-0.3, -0.25) is 4.79 Å². The van der Waals surface area contributed by atoms with Crippen LogP contribution in [-0.2, 0) is 33.3 Å². The minimum absolute atomic E-state index is 0.0139. The van der Waals surface area contributed by atoms with Gasteiger partial charge in [0.1, 0.15) is 36.6 Å². The number of Topliss-reactive ketones (excluding diaryl/α,β-unsaturated/α-hetero) is 1. The summed E-state index contributed by atoms with van der Waals surface area (Å²) in [4.78, 5) is 25.0. The molecule has 20 atom stereocenters. The third kappa shape index (κ3) is 7.41. The van der Waals surface area contributed by atoms with Gasteiger partial charge in [0, 0.05) is 17.3 Å². The summed E-state index contributed by atoms with van der Waals surface area (Å²) in [5.41, 5.74) is 0.891. The summed E-state index contributed by atoms with van der Waals surface area (Å²) >= 11 is 0. The van der Waals surface area contributed by atoms with Crippen LogP contribution >= 0.6 is 0 Å². The normalized spacial score (nSPS) is 52.2. The van der Waals surface area contributed by atoms with E-state index in [1.54, 1.807) is 0 Å². The Labute approximate surface area is 371 Å². The van der Waals surface area contributed by atoms with E-state index in [4.69, 9.17) is 23.7 Å². The summed E-state index contributed by atoms with van der Waals surface area (Å²) in [6.45, 7) is 17.7. The number of hydrogen-bond donors (Lipinski definition) is 8. The van der Waals surface area contributed by atoms with Crippen molar-refractivity contribution in [1.82, 2.24) is 0 Å². The molecule has 15 heteroatoms. The Morgan fingerprint density at radius 2 is 1.51 bits per heavy atom. The van der Waals surface area contributed by atoms with Crippen molar-refractivity contribution in [2.24, 2.45) is 50.2 Å². The van der Waals surface area contributed by atoms with Crippen molar-refractivity contribution in [2.75, 3.05) is 13.2 Å². The van der Waals surface area contributed by atoms with Gasteiger partial charge in [-0.25, -0.2) is 4.79 Å². The Hall–Kier alpha value is -2.02. The number of carboxylic acids is 1. The molecular weight excluding hydrogens is 817 g/mol. The Balaban J connectivity index is 1.06. The Kier molecular flexibility index (Phi) is 12.3. The molecule has 0 radical (unpaired) electrons. The lowest BCUT2D eigenvalue weighted by Gasteiger charge is -2.72. The van der Waals surface area contributed by atoms with Gasteiger partial charge in [0.2, 0.25) is 0 Å². The van der Waals surface area contributed by atoms with Gasteiger partial charge in [-0.2, -0.15) is 0 Å². The van der Waals surface area contributed by atoms with Gasteiger partial charge in [-0.1, -0.05) is 60.1 Å². The minimum Gasteiger partial charge on any atom is -0.504 e. The third-order valence-electron chi connectivity index (χ3n) is 19.0. The maximum absolute atomic E-state index is 12.7. The van der Waals surface area contributed by atoms with E-state index >= 15 is 0 Å². The van der Waals surface area contributed by atoms with Gasteiger partial charge in [-0.05, 0) is 116 Å². The van der Waals surface area contributed by atoms with Crippen LogP contribution in [0.3, 0.4) is 0 Å². The van der Waals surface area contributed by atoms with Crippen LogP contribution in [0.25, 0.3) is 0 Å². The molecule has 0 aromatic heterocycles. The van der Waals surface area contributed by atoms with Crippen LogP contribution in [0.2, 0.25) is 0 Å². The number of hydrogen-bond acceptors (Lipinski definition) is 14. The van der Waals surface area contributed by atoms with Gasteiger partial charge in [0.15, 0.2) is 30.2 Å². The molecule has 0 spiro atoms. The summed E-state index contributed by atoms with van der Waals surface area (Å²) in [5.74, 6) is -1.33. The fourth-order valence-corrected chi connectivity index (χ4v) is 15.0. The van der Waals surface area contributed by atoms with E-state index in [0.29, 0.717) is 24.3 Å². The summed E-state index contributed by atoms with van der Waals surface area (Å²) in [5, 5.41) is 84.8. The zero-order valence-electron chi connectivity index (χ0n) is 38.4. The first-order chi connectivity index (χ1) is 29.3. The number of fused-ring (bicyclic) bond motifs is 7. The van der Waals surface area contributed by atoms with E-state index in [1.807, 2.05) is 13.8 Å². The molecule has 8 aliphatic rings. The van der Waals surface area contributed by atoms with Crippen molar-refractivity contribution in [3.05, 3.63) is 23.0 Å². The molecule has 2 saturated heterocycles. The fraction of sp³-hybridized carbons (Fsp3) is 0.875. The highest BCUT2D eigenvalue weighted by atomic mass is 16.8. The molecule has 0 aromatic carbocycles. The summed E-state index contributed by atoms with van der Waals surface area (Å²) in [7, 11) is 0. The van der Waals surface area contributed by atoms with E-state index in [9.17, 15) is 50.4 Å². The first-order valence-corrected chi connectivity index (χ1v) is 23.4. The molecule has 4 saturated carbocycles. The molecule has 15 nitrogen and oxygen atoms in total. The number of ether oxygens (including phenoxy) is 5. The lowest BCUT2D eigenvalue weighted by molar-refractivity contribution is -0.367. The average molecular weight is 891 g/mol. The zero-order valence-corrected chi connectivity index (χ0v) is 38.4. The molecule has 12 unspecified atom stereocenters. The Morgan fingerprint density at radius 3 is 2.17 bits per heavy atom. The first kappa shape index (κ1) is 47.5. The third-order valence-corrected chi connectivity index (χ3v) is 19.0. The number of aliphatic carboxylic acids is 1. The molecule has 2 aliphatic heterocycles. The molecule has 8 rings (SSSR count).